The zero-order valence-electron chi connectivity index (χ0n) is 15.3. The predicted octanol–water partition coefficient (Wildman–Crippen LogP) is 6.26. The highest BCUT2D eigenvalue weighted by Gasteiger charge is 1.99. The van der Waals surface area contributed by atoms with Crippen molar-refractivity contribution < 1.29 is 4.74 Å². The van der Waals surface area contributed by atoms with Crippen LogP contribution < -0.4 is 0 Å². The van der Waals surface area contributed by atoms with Crippen molar-refractivity contribution in [3.63, 3.8) is 0 Å². The summed E-state index contributed by atoms with van der Waals surface area (Å²) in [6, 6.07) is 21.2. The molecule has 0 spiro atoms. The Kier molecular flexibility index (Phi) is 5.39. The van der Waals surface area contributed by atoms with Crippen LogP contribution in [0.3, 0.4) is 0 Å². The van der Waals surface area contributed by atoms with Gasteiger partial charge in [0.05, 0.1) is 12.5 Å². The van der Waals surface area contributed by atoms with Crippen LogP contribution in [0.5, 0.6) is 0 Å². The minimum Gasteiger partial charge on any atom is -0.473 e. The number of benzene rings is 2. The van der Waals surface area contributed by atoms with Crippen LogP contribution in [0.25, 0.3) is 21.8 Å². The Bertz CT molecular complexity index is 916. The van der Waals surface area contributed by atoms with Gasteiger partial charge in [-0.3, -0.25) is 0 Å². The molecule has 0 unspecified atom stereocenters. The molecule has 136 valence electrons. The molecule has 2 N–H and O–H groups in total. The molecule has 0 fully saturated rings. The second-order valence-electron chi connectivity index (χ2n) is 6.72. The van der Waals surface area contributed by atoms with Crippen LogP contribution >= 0.6 is 0 Å². The predicted molar refractivity (Wildman–Crippen MR) is 113 cm³/mol. The summed E-state index contributed by atoms with van der Waals surface area (Å²) in [4.78, 5) is 6.90. The van der Waals surface area contributed by atoms with Gasteiger partial charge in [0.1, 0.15) is 0 Å². The highest BCUT2D eigenvalue weighted by molar-refractivity contribution is 5.80. The minimum atomic E-state index is 0.954. The van der Waals surface area contributed by atoms with Gasteiger partial charge in [-0.05, 0) is 72.9 Å². The largest absolute Gasteiger partial charge is 0.473 e. The molecule has 2 aromatic carbocycles. The fourth-order valence-corrected chi connectivity index (χ4v) is 3.31. The molecule has 4 aromatic rings. The minimum absolute atomic E-state index is 0.954. The number of H-pyrrole nitrogens is 2. The summed E-state index contributed by atoms with van der Waals surface area (Å²) in [5.74, 6) is 0. The molecular formula is C24H24N2O. The van der Waals surface area contributed by atoms with Gasteiger partial charge in [-0.15, -0.1) is 0 Å². The average molecular weight is 356 g/mol. The molecule has 27 heavy (non-hydrogen) atoms. The first-order valence-electron chi connectivity index (χ1n) is 9.47. The van der Waals surface area contributed by atoms with E-state index in [9.17, 15) is 0 Å². The molecule has 3 heteroatoms. The number of hydrogen-bond donors (Lipinski definition) is 2. The molecule has 0 bridgehead atoms. The molecule has 2 aromatic heterocycles. The van der Waals surface area contributed by atoms with Crippen LogP contribution in [0.15, 0.2) is 85.3 Å². The van der Waals surface area contributed by atoms with Crippen molar-refractivity contribution in [1.82, 2.24) is 9.97 Å². The lowest BCUT2D eigenvalue weighted by molar-refractivity contribution is 0.398. The number of allylic oxidation sites excluding steroid dienone is 2. The molecule has 0 aliphatic heterocycles. The van der Waals surface area contributed by atoms with Gasteiger partial charge in [0.2, 0.25) is 0 Å². The van der Waals surface area contributed by atoms with Crippen LogP contribution in [0, 0.1) is 0 Å². The van der Waals surface area contributed by atoms with Crippen LogP contribution in [0.1, 0.15) is 24.2 Å². The fraction of sp³-hybridized carbons (Fsp3) is 0.167. The third-order valence-corrected chi connectivity index (χ3v) is 4.68. The second kappa shape index (κ2) is 8.45. The highest BCUT2D eigenvalue weighted by Crippen LogP contribution is 2.16. The molecule has 4 rings (SSSR count). The van der Waals surface area contributed by atoms with Gasteiger partial charge in [-0.25, -0.2) is 0 Å². The number of fused-ring (bicyclic) bond motifs is 2. The van der Waals surface area contributed by atoms with Crippen molar-refractivity contribution in [2.75, 3.05) is 0 Å². The fourth-order valence-electron chi connectivity index (χ4n) is 3.31. The SMILES string of the molecule is C(=COC=CCCc1cc2ccccc2[nH]1)CCc1cc2ccccc2[nH]1. The molecule has 0 amide bonds. The first kappa shape index (κ1) is 17.2. The van der Waals surface area contributed by atoms with Crippen molar-refractivity contribution in [2.45, 2.75) is 25.7 Å². The van der Waals surface area contributed by atoms with E-state index in [-0.39, 0.29) is 0 Å². The maximum absolute atomic E-state index is 5.45. The van der Waals surface area contributed by atoms with Crippen molar-refractivity contribution in [3.05, 3.63) is 96.7 Å². The Morgan fingerprint density at radius 1 is 0.667 bits per heavy atom. The zero-order valence-corrected chi connectivity index (χ0v) is 15.3. The molecule has 2 heterocycles. The Morgan fingerprint density at radius 2 is 1.15 bits per heavy atom. The lowest BCUT2D eigenvalue weighted by Crippen LogP contribution is -1.83. The number of aromatic amines is 2. The third kappa shape index (κ3) is 4.50. The molecule has 0 radical (unpaired) electrons. The maximum atomic E-state index is 5.45. The topological polar surface area (TPSA) is 40.8 Å². The number of rotatable bonds is 8. The maximum Gasteiger partial charge on any atom is 0.0861 e. The molecule has 0 atom stereocenters. The van der Waals surface area contributed by atoms with E-state index in [2.05, 4.69) is 82.8 Å². The molecular weight excluding hydrogens is 332 g/mol. The number of aryl methyl sites for hydroxylation is 2. The van der Waals surface area contributed by atoms with E-state index in [1.807, 2.05) is 0 Å². The van der Waals surface area contributed by atoms with Crippen LogP contribution in [0.4, 0.5) is 0 Å². The quantitative estimate of drug-likeness (QED) is 0.359. The van der Waals surface area contributed by atoms with Gasteiger partial charge in [0.25, 0.3) is 0 Å². The Labute approximate surface area is 159 Å². The van der Waals surface area contributed by atoms with Gasteiger partial charge in [-0.1, -0.05) is 36.4 Å². The second-order valence-corrected chi connectivity index (χ2v) is 6.72. The van der Waals surface area contributed by atoms with Gasteiger partial charge in [0.15, 0.2) is 0 Å². The van der Waals surface area contributed by atoms with Crippen molar-refractivity contribution in [3.8, 4) is 0 Å². The number of nitrogens with one attached hydrogen (secondary N) is 2. The normalized spacial score (nSPS) is 12.0. The van der Waals surface area contributed by atoms with Crippen molar-refractivity contribution in [1.29, 1.82) is 0 Å². The van der Waals surface area contributed by atoms with E-state index in [1.54, 1.807) is 12.5 Å². The summed E-state index contributed by atoms with van der Waals surface area (Å²) in [6.45, 7) is 0. The monoisotopic (exact) mass is 356 g/mol. The number of para-hydroxylation sites is 2. The smallest absolute Gasteiger partial charge is 0.0861 e. The van der Waals surface area contributed by atoms with E-state index in [0.29, 0.717) is 0 Å². The zero-order chi connectivity index (χ0) is 18.3. The van der Waals surface area contributed by atoms with Crippen molar-refractivity contribution >= 4 is 21.8 Å². The first-order valence-corrected chi connectivity index (χ1v) is 9.47. The van der Waals surface area contributed by atoms with Crippen LogP contribution in [-0.2, 0) is 17.6 Å². The summed E-state index contributed by atoms with van der Waals surface area (Å²) in [7, 11) is 0. The summed E-state index contributed by atoms with van der Waals surface area (Å²) in [6.07, 6.45) is 11.5. The molecule has 0 saturated carbocycles. The van der Waals surface area contributed by atoms with E-state index in [0.717, 1.165) is 25.7 Å². The van der Waals surface area contributed by atoms with E-state index in [4.69, 9.17) is 4.74 Å². The highest BCUT2D eigenvalue weighted by atomic mass is 16.5. The molecule has 0 aliphatic rings. The third-order valence-electron chi connectivity index (χ3n) is 4.68. The lowest BCUT2D eigenvalue weighted by atomic mass is 10.2. The van der Waals surface area contributed by atoms with Crippen molar-refractivity contribution in [2.24, 2.45) is 0 Å². The number of hydrogen-bond acceptors (Lipinski definition) is 1. The van der Waals surface area contributed by atoms with Crippen LogP contribution in [-0.4, -0.2) is 9.97 Å². The van der Waals surface area contributed by atoms with E-state index < -0.39 is 0 Å². The van der Waals surface area contributed by atoms with E-state index in [1.165, 1.54) is 33.2 Å². The van der Waals surface area contributed by atoms with Crippen LogP contribution in [0.2, 0.25) is 0 Å². The molecule has 0 aliphatic carbocycles. The molecule has 3 nitrogen and oxygen atoms in total. The Morgan fingerprint density at radius 3 is 1.63 bits per heavy atom. The van der Waals surface area contributed by atoms with Gasteiger partial charge in [-0.2, -0.15) is 0 Å². The first-order chi connectivity index (χ1) is 13.4. The summed E-state index contributed by atoms with van der Waals surface area (Å²) < 4.78 is 5.45. The van der Waals surface area contributed by atoms with Gasteiger partial charge < -0.3 is 14.7 Å². The number of ether oxygens (including phenoxy) is 1. The summed E-state index contributed by atoms with van der Waals surface area (Å²) in [5, 5.41) is 2.54. The average Bonchev–Trinajstić information content (AvgIpc) is 3.29. The standard InChI is InChI=1S/C24H24N2O/c1-3-13-23-19(9-1)17-21(25-23)11-5-7-15-27-16-8-6-12-22-18-20-10-2-4-14-24(20)26-22/h1-4,7-10,13-18,25-26H,5-6,11-12H2. The Balaban J connectivity index is 1.16. The summed E-state index contributed by atoms with van der Waals surface area (Å²) >= 11 is 0. The van der Waals surface area contributed by atoms with Gasteiger partial charge >= 0.3 is 0 Å². The lowest BCUT2D eigenvalue weighted by Gasteiger charge is -1.94. The number of aromatic nitrogens is 2. The molecule has 0 saturated heterocycles. The van der Waals surface area contributed by atoms with Gasteiger partial charge in [0, 0.05) is 22.4 Å². The Hall–Kier alpha value is -3.20. The van der Waals surface area contributed by atoms with E-state index >= 15 is 0 Å². The summed E-state index contributed by atoms with van der Waals surface area (Å²) in [5.41, 5.74) is 4.92.